The third-order valence-electron chi connectivity index (χ3n) is 2.87. The van der Waals surface area contributed by atoms with E-state index in [-0.39, 0.29) is 11.4 Å². The van der Waals surface area contributed by atoms with Crippen molar-refractivity contribution >= 4 is 40.6 Å². The molecule has 0 aliphatic rings. The Morgan fingerprint density at radius 2 is 2.00 bits per heavy atom. The Morgan fingerprint density at radius 3 is 2.67 bits per heavy atom. The summed E-state index contributed by atoms with van der Waals surface area (Å²) < 4.78 is 14.0. The zero-order chi connectivity index (χ0) is 15.6. The number of aryl methyl sites for hydroxylation is 1. The molecule has 0 fully saturated rings. The second-order valence-corrected chi connectivity index (χ2v) is 5.12. The molecule has 2 aromatic rings. The molecule has 0 radical (unpaired) electrons. The smallest absolute Gasteiger partial charge is 0.258 e. The lowest BCUT2D eigenvalue weighted by molar-refractivity contribution is 0.102. The number of halogens is 3. The first-order valence-electron chi connectivity index (χ1n) is 6.03. The summed E-state index contributed by atoms with van der Waals surface area (Å²) in [6.45, 7) is 1.79. The molecular weight excluding hydrogens is 316 g/mol. The summed E-state index contributed by atoms with van der Waals surface area (Å²) in [4.78, 5) is 15.9. The number of pyridine rings is 1. The molecule has 0 saturated heterocycles. The van der Waals surface area contributed by atoms with Crippen LogP contribution in [0.25, 0.3) is 0 Å². The van der Waals surface area contributed by atoms with E-state index in [0.29, 0.717) is 15.7 Å². The maximum Gasteiger partial charge on any atom is 0.258 e. The maximum atomic E-state index is 14.0. The van der Waals surface area contributed by atoms with Crippen LogP contribution in [0.1, 0.15) is 15.9 Å². The molecule has 0 atom stereocenters. The molecule has 0 unspecified atom stereocenters. The average molecular weight is 328 g/mol. The van der Waals surface area contributed by atoms with Crippen molar-refractivity contribution in [3.8, 4) is 0 Å². The van der Waals surface area contributed by atoms with E-state index in [1.54, 1.807) is 13.0 Å². The van der Waals surface area contributed by atoms with Crippen LogP contribution in [0.5, 0.6) is 0 Å². The van der Waals surface area contributed by atoms with Crippen molar-refractivity contribution in [1.29, 1.82) is 0 Å². The molecule has 7 heteroatoms. The normalized spacial score (nSPS) is 10.3. The fraction of sp³-hybridized carbons (Fsp3) is 0.143. The standard InChI is InChI=1S/C14H12Cl2FN3O/c1-7-5-10(16)11(6-9(7)15)20-14(21)8-3-4-19-13(18-2)12(8)17/h3-6H,1-2H3,(H,18,19)(H,20,21). The fourth-order valence-electron chi connectivity index (χ4n) is 1.73. The number of carbonyl (C=O) groups is 1. The zero-order valence-corrected chi connectivity index (χ0v) is 12.8. The number of hydrogen-bond donors (Lipinski definition) is 2. The van der Waals surface area contributed by atoms with E-state index < -0.39 is 11.7 Å². The summed E-state index contributed by atoms with van der Waals surface area (Å²) in [5.74, 6) is -1.37. The van der Waals surface area contributed by atoms with Gasteiger partial charge in [0.2, 0.25) is 0 Å². The van der Waals surface area contributed by atoms with Gasteiger partial charge in [0.25, 0.3) is 5.91 Å². The van der Waals surface area contributed by atoms with Gasteiger partial charge in [-0.3, -0.25) is 4.79 Å². The molecule has 2 rings (SSSR count). The Kier molecular flexibility index (Phi) is 4.65. The summed E-state index contributed by atoms with van der Waals surface area (Å²) in [6, 6.07) is 4.44. The zero-order valence-electron chi connectivity index (χ0n) is 11.3. The van der Waals surface area contributed by atoms with Gasteiger partial charge in [-0.1, -0.05) is 23.2 Å². The highest BCUT2D eigenvalue weighted by Crippen LogP contribution is 2.29. The predicted octanol–water partition coefficient (Wildman–Crippen LogP) is 4.13. The number of aromatic nitrogens is 1. The van der Waals surface area contributed by atoms with Crippen LogP contribution in [0.4, 0.5) is 15.9 Å². The lowest BCUT2D eigenvalue weighted by Crippen LogP contribution is -2.15. The van der Waals surface area contributed by atoms with Crippen molar-refractivity contribution in [3.05, 3.63) is 51.4 Å². The van der Waals surface area contributed by atoms with E-state index in [1.807, 2.05) is 0 Å². The Morgan fingerprint density at radius 1 is 1.29 bits per heavy atom. The third-order valence-corrected chi connectivity index (χ3v) is 3.59. The first-order valence-corrected chi connectivity index (χ1v) is 6.79. The van der Waals surface area contributed by atoms with Gasteiger partial charge in [-0.2, -0.15) is 0 Å². The van der Waals surface area contributed by atoms with E-state index in [4.69, 9.17) is 23.2 Å². The number of nitrogens with one attached hydrogen (secondary N) is 2. The summed E-state index contributed by atoms with van der Waals surface area (Å²) in [6.07, 6.45) is 1.34. The Hall–Kier alpha value is -1.85. The number of anilines is 2. The van der Waals surface area contributed by atoms with Crippen LogP contribution >= 0.6 is 23.2 Å². The highest BCUT2D eigenvalue weighted by Gasteiger charge is 2.17. The van der Waals surface area contributed by atoms with Crippen LogP contribution < -0.4 is 10.6 Å². The molecule has 0 saturated carbocycles. The fourth-order valence-corrected chi connectivity index (χ4v) is 2.15. The monoisotopic (exact) mass is 327 g/mol. The van der Waals surface area contributed by atoms with E-state index in [9.17, 15) is 9.18 Å². The molecule has 2 N–H and O–H groups in total. The van der Waals surface area contributed by atoms with E-state index in [2.05, 4.69) is 15.6 Å². The molecule has 21 heavy (non-hydrogen) atoms. The Balaban J connectivity index is 2.33. The van der Waals surface area contributed by atoms with Gasteiger partial charge in [0.15, 0.2) is 11.6 Å². The second-order valence-electron chi connectivity index (χ2n) is 4.31. The van der Waals surface area contributed by atoms with Gasteiger partial charge in [0.05, 0.1) is 16.3 Å². The van der Waals surface area contributed by atoms with Crippen LogP contribution in [-0.2, 0) is 0 Å². The minimum absolute atomic E-state index is 0.00399. The molecule has 1 aromatic carbocycles. The molecule has 110 valence electrons. The Labute approximate surface area is 131 Å². The van der Waals surface area contributed by atoms with Gasteiger partial charge in [-0.15, -0.1) is 0 Å². The van der Waals surface area contributed by atoms with Gasteiger partial charge >= 0.3 is 0 Å². The molecule has 4 nitrogen and oxygen atoms in total. The van der Waals surface area contributed by atoms with Crippen LogP contribution in [0.3, 0.4) is 0 Å². The summed E-state index contributed by atoms with van der Waals surface area (Å²) in [5.41, 5.74) is 0.967. The van der Waals surface area contributed by atoms with Crippen molar-refractivity contribution < 1.29 is 9.18 Å². The van der Waals surface area contributed by atoms with Gasteiger partial charge in [-0.05, 0) is 30.7 Å². The minimum atomic E-state index is -0.730. The largest absolute Gasteiger partial charge is 0.371 e. The molecule has 1 amide bonds. The van der Waals surface area contributed by atoms with Crippen molar-refractivity contribution in [2.24, 2.45) is 0 Å². The number of amides is 1. The number of hydrogen-bond acceptors (Lipinski definition) is 3. The number of carbonyl (C=O) groups excluding carboxylic acids is 1. The molecule has 1 aromatic heterocycles. The number of nitrogens with zero attached hydrogens (tertiary/aromatic N) is 1. The van der Waals surface area contributed by atoms with Gasteiger partial charge < -0.3 is 10.6 Å². The number of rotatable bonds is 3. The molecule has 0 aliphatic carbocycles. The first-order chi connectivity index (χ1) is 9.93. The lowest BCUT2D eigenvalue weighted by atomic mass is 10.2. The summed E-state index contributed by atoms with van der Waals surface area (Å²) in [7, 11) is 1.52. The number of benzene rings is 1. The highest BCUT2D eigenvalue weighted by molar-refractivity contribution is 6.36. The van der Waals surface area contributed by atoms with E-state index >= 15 is 0 Å². The molecule has 1 heterocycles. The summed E-state index contributed by atoms with van der Waals surface area (Å²) in [5, 5.41) is 5.89. The van der Waals surface area contributed by atoms with E-state index in [0.717, 1.165) is 5.56 Å². The van der Waals surface area contributed by atoms with Crippen molar-refractivity contribution in [3.63, 3.8) is 0 Å². The molecule has 0 bridgehead atoms. The lowest BCUT2D eigenvalue weighted by Gasteiger charge is -2.11. The SMILES string of the molecule is CNc1nccc(C(=O)Nc2cc(Cl)c(C)cc2Cl)c1F. The third kappa shape index (κ3) is 3.25. The minimum Gasteiger partial charge on any atom is -0.371 e. The molecule has 0 spiro atoms. The van der Waals surface area contributed by atoms with E-state index in [1.165, 1.54) is 25.4 Å². The van der Waals surface area contributed by atoms with Gasteiger partial charge in [-0.25, -0.2) is 9.37 Å². The van der Waals surface area contributed by atoms with Crippen LogP contribution in [-0.4, -0.2) is 17.9 Å². The first kappa shape index (κ1) is 15.5. The van der Waals surface area contributed by atoms with Crippen molar-refractivity contribution in [2.45, 2.75) is 6.92 Å². The second kappa shape index (κ2) is 6.28. The quantitative estimate of drug-likeness (QED) is 0.891. The topological polar surface area (TPSA) is 54.0 Å². The van der Waals surface area contributed by atoms with Crippen molar-refractivity contribution in [1.82, 2.24) is 4.98 Å². The average Bonchev–Trinajstić information content (AvgIpc) is 2.44. The van der Waals surface area contributed by atoms with Gasteiger partial charge in [0, 0.05) is 18.3 Å². The van der Waals surface area contributed by atoms with Gasteiger partial charge in [0.1, 0.15) is 0 Å². The van der Waals surface area contributed by atoms with Crippen LogP contribution in [0, 0.1) is 12.7 Å². The molecular formula is C14H12Cl2FN3O. The van der Waals surface area contributed by atoms with Crippen LogP contribution in [0.2, 0.25) is 10.0 Å². The highest BCUT2D eigenvalue weighted by atomic mass is 35.5. The van der Waals surface area contributed by atoms with Crippen molar-refractivity contribution in [2.75, 3.05) is 17.7 Å². The van der Waals surface area contributed by atoms with Crippen LogP contribution in [0.15, 0.2) is 24.4 Å². The maximum absolute atomic E-state index is 14.0. The predicted molar refractivity (Wildman–Crippen MR) is 82.9 cm³/mol. The molecule has 0 aliphatic heterocycles. The summed E-state index contributed by atoms with van der Waals surface area (Å²) >= 11 is 12.0. The Bertz CT molecular complexity index is 707.